The molecule has 3 aliphatic rings. The van der Waals surface area contributed by atoms with Gasteiger partial charge >= 0.3 is 0 Å². The molecule has 4 rings (SSSR count). The smallest absolute Gasteiger partial charge is 0.205 e. The SMILES string of the molecule is O=[SH](=O)N1CC[C@@]23C=CCC[C@@]12Nc1ccc(Br)cc13. The minimum Gasteiger partial charge on any atom is -0.365 e. The first-order chi connectivity index (χ1) is 9.59. The van der Waals surface area contributed by atoms with Crippen molar-refractivity contribution in [3.8, 4) is 0 Å². The van der Waals surface area contributed by atoms with Crippen molar-refractivity contribution in [2.24, 2.45) is 0 Å². The van der Waals surface area contributed by atoms with E-state index in [1.807, 2.05) is 12.1 Å². The Morgan fingerprint density at radius 1 is 1.30 bits per heavy atom. The second-order valence-electron chi connectivity index (χ2n) is 5.70. The normalized spacial score (nSPS) is 34.7. The Balaban J connectivity index is 1.99. The summed E-state index contributed by atoms with van der Waals surface area (Å²) in [6.07, 6.45) is 6.98. The van der Waals surface area contributed by atoms with Crippen molar-refractivity contribution in [3.05, 3.63) is 40.4 Å². The number of halogens is 1. The van der Waals surface area contributed by atoms with Gasteiger partial charge in [0.05, 0.1) is 5.41 Å². The van der Waals surface area contributed by atoms with E-state index in [2.05, 4.69) is 39.5 Å². The topological polar surface area (TPSA) is 49.4 Å². The molecule has 1 saturated heterocycles. The Labute approximate surface area is 128 Å². The van der Waals surface area contributed by atoms with E-state index >= 15 is 0 Å². The molecule has 0 amide bonds. The molecule has 0 bridgehead atoms. The van der Waals surface area contributed by atoms with Crippen LogP contribution in [0, 0.1) is 0 Å². The van der Waals surface area contributed by atoms with Gasteiger partial charge in [0, 0.05) is 16.7 Å². The zero-order valence-electron chi connectivity index (χ0n) is 10.8. The molecule has 1 N–H and O–H groups in total. The number of nitrogens with one attached hydrogen (secondary N) is 1. The van der Waals surface area contributed by atoms with Gasteiger partial charge in [0.25, 0.3) is 0 Å². The maximum atomic E-state index is 11.7. The molecule has 106 valence electrons. The first-order valence-electron chi connectivity index (χ1n) is 6.77. The van der Waals surface area contributed by atoms with E-state index in [9.17, 15) is 8.42 Å². The van der Waals surface area contributed by atoms with Crippen LogP contribution in [0.2, 0.25) is 0 Å². The van der Waals surface area contributed by atoms with Gasteiger partial charge < -0.3 is 5.32 Å². The second kappa shape index (κ2) is 4.08. The summed E-state index contributed by atoms with van der Waals surface area (Å²) < 4.78 is 26.1. The van der Waals surface area contributed by atoms with Crippen LogP contribution >= 0.6 is 15.9 Å². The molecule has 0 aromatic heterocycles. The highest BCUT2D eigenvalue weighted by Crippen LogP contribution is 2.59. The predicted molar refractivity (Wildman–Crippen MR) is 82.2 cm³/mol. The van der Waals surface area contributed by atoms with Crippen LogP contribution < -0.4 is 5.32 Å². The molecule has 1 aliphatic carbocycles. The van der Waals surface area contributed by atoms with Gasteiger partial charge in [-0.1, -0.05) is 28.1 Å². The molecular formula is C14H15BrN2O2S. The Morgan fingerprint density at radius 3 is 2.95 bits per heavy atom. The summed E-state index contributed by atoms with van der Waals surface area (Å²) in [5.41, 5.74) is 1.54. The van der Waals surface area contributed by atoms with E-state index in [1.54, 1.807) is 4.31 Å². The van der Waals surface area contributed by atoms with E-state index in [0.29, 0.717) is 6.54 Å². The minimum atomic E-state index is -2.58. The van der Waals surface area contributed by atoms with Crippen LogP contribution in [0.5, 0.6) is 0 Å². The fraction of sp³-hybridized carbons (Fsp3) is 0.429. The Hall–Kier alpha value is -0.850. The Bertz CT molecular complexity index is 694. The fourth-order valence-corrected chi connectivity index (χ4v) is 5.42. The number of nitrogens with zero attached hydrogens (tertiary/aromatic N) is 1. The molecule has 20 heavy (non-hydrogen) atoms. The van der Waals surface area contributed by atoms with Crippen molar-refractivity contribution in [3.63, 3.8) is 0 Å². The zero-order valence-corrected chi connectivity index (χ0v) is 13.3. The van der Waals surface area contributed by atoms with Gasteiger partial charge in [0.1, 0.15) is 5.66 Å². The summed E-state index contributed by atoms with van der Waals surface area (Å²) in [6.45, 7) is 0.585. The third kappa shape index (κ3) is 1.37. The zero-order chi connectivity index (χ0) is 14.0. The number of hydrogen-bond acceptors (Lipinski definition) is 3. The molecule has 0 saturated carbocycles. The number of rotatable bonds is 1. The predicted octanol–water partition coefficient (Wildman–Crippen LogP) is 2.39. The minimum absolute atomic E-state index is 0.222. The van der Waals surface area contributed by atoms with Crippen LogP contribution in [0.3, 0.4) is 0 Å². The van der Waals surface area contributed by atoms with Crippen LogP contribution in [-0.2, 0) is 16.3 Å². The molecule has 2 atom stereocenters. The second-order valence-corrected chi connectivity index (χ2v) is 7.57. The monoisotopic (exact) mass is 354 g/mol. The van der Waals surface area contributed by atoms with Gasteiger partial charge in [-0.3, -0.25) is 0 Å². The lowest BCUT2D eigenvalue weighted by Gasteiger charge is -2.44. The van der Waals surface area contributed by atoms with Crippen molar-refractivity contribution in [2.45, 2.75) is 30.3 Å². The molecular weight excluding hydrogens is 340 g/mol. The summed E-state index contributed by atoms with van der Waals surface area (Å²) in [7, 11) is -2.58. The van der Waals surface area contributed by atoms with Crippen LogP contribution in [0.1, 0.15) is 24.8 Å². The lowest BCUT2D eigenvalue weighted by molar-refractivity contribution is 0.210. The highest BCUT2D eigenvalue weighted by molar-refractivity contribution is 9.10. The maximum absolute atomic E-state index is 11.7. The molecule has 6 heteroatoms. The Morgan fingerprint density at radius 2 is 2.15 bits per heavy atom. The molecule has 0 radical (unpaired) electrons. The molecule has 0 spiro atoms. The van der Waals surface area contributed by atoms with Crippen LogP contribution in [0.4, 0.5) is 5.69 Å². The van der Waals surface area contributed by atoms with Gasteiger partial charge in [-0.25, -0.2) is 8.42 Å². The third-order valence-corrected chi connectivity index (χ3v) is 6.40. The molecule has 2 aliphatic heterocycles. The quantitative estimate of drug-likeness (QED) is 0.601. The first kappa shape index (κ1) is 12.9. The van der Waals surface area contributed by atoms with E-state index in [-0.39, 0.29) is 5.41 Å². The number of anilines is 1. The highest BCUT2D eigenvalue weighted by Gasteiger charge is 2.64. The van der Waals surface area contributed by atoms with Crippen LogP contribution in [-0.4, -0.2) is 24.9 Å². The summed E-state index contributed by atoms with van der Waals surface area (Å²) in [5.74, 6) is 0. The lowest BCUT2D eigenvalue weighted by Crippen LogP contribution is -2.57. The summed E-state index contributed by atoms with van der Waals surface area (Å²) in [4.78, 5) is 0. The van der Waals surface area contributed by atoms with Gasteiger partial charge in [-0.15, -0.1) is 0 Å². The average molecular weight is 355 g/mol. The van der Waals surface area contributed by atoms with Crippen LogP contribution in [0.25, 0.3) is 0 Å². The molecule has 2 heterocycles. The van der Waals surface area contributed by atoms with Crippen molar-refractivity contribution in [1.29, 1.82) is 0 Å². The number of fused-ring (bicyclic) bond motifs is 1. The largest absolute Gasteiger partial charge is 0.365 e. The third-order valence-electron chi connectivity index (χ3n) is 4.97. The van der Waals surface area contributed by atoms with E-state index in [1.165, 1.54) is 5.56 Å². The van der Waals surface area contributed by atoms with Crippen molar-refractivity contribution in [2.75, 3.05) is 11.9 Å². The fourth-order valence-electron chi connectivity index (χ4n) is 4.18. The highest BCUT2D eigenvalue weighted by atomic mass is 79.9. The first-order valence-corrected chi connectivity index (χ1v) is 8.69. The van der Waals surface area contributed by atoms with Gasteiger partial charge in [-0.2, -0.15) is 4.31 Å². The van der Waals surface area contributed by atoms with Crippen LogP contribution in [0.15, 0.2) is 34.8 Å². The van der Waals surface area contributed by atoms with Gasteiger partial charge in [0.2, 0.25) is 10.9 Å². The molecule has 4 nitrogen and oxygen atoms in total. The molecule has 0 unspecified atom stereocenters. The van der Waals surface area contributed by atoms with E-state index in [4.69, 9.17) is 0 Å². The summed E-state index contributed by atoms with van der Waals surface area (Å²) in [5, 5.41) is 3.53. The number of allylic oxidation sites excluding steroid dienone is 1. The number of hydrogen-bond donors (Lipinski definition) is 2. The summed E-state index contributed by atoms with van der Waals surface area (Å²) in [6, 6.07) is 6.16. The molecule has 1 fully saturated rings. The van der Waals surface area contributed by atoms with E-state index in [0.717, 1.165) is 29.4 Å². The van der Waals surface area contributed by atoms with Crippen molar-refractivity contribution >= 4 is 32.5 Å². The van der Waals surface area contributed by atoms with Crippen molar-refractivity contribution in [1.82, 2.24) is 4.31 Å². The standard InChI is InChI=1S/C14H15BrN2O2S/c15-10-3-4-12-11(9-10)13-5-1-2-6-14(13,16-12)17(8-7-13)20(18)19/h1,3-5,9,16,20H,2,6-8H2/t13-,14-/m1/s1. The summed E-state index contributed by atoms with van der Waals surface area (Å²) >= 11 is 3.53. The van der Waals surface area contributed by atoms with Crippen molar-refractivity contribution < 1.29 is 8.42 Å². The van der Waals surface area contributed by atoms with Gasteiger partial charge in [-0.05, 0) is 43.0 Å². The lowest BCUT2D eigenvalue weighted by atomic mass is 9.68. The maximum Gasteiger partial charge on any atom is 0.205 e. The van der Waals surface area contributed by atoms with E-state index < -0.39 is 16.6 Å². The number of benzene rings is 1. The number of thiol groups is 1. The van der Waals surface area contributed by atoms with Gasteiger partial charge in [0.15, 0.2) is 0 Å². The average Bonchev–Trinajstić information content (AvgIpc) is 2.89. The molecule has 1 aromatic carbocycles. The molecule has 1 aromatic rings. The Kier molecular flexibility index (Phi) is 2.63.